The first-order chi connectivity index (χ1) is 10.8. The zero-order valence-electron chi connectivity index (χ0n) is 13.3. The third-order valence-electron chi connectivity index (χ3n) is 3.89. The number of hydrogen-bond donors (Lipinski definition) is 2. The van der Waals surface area contributed by atoms with Crippen LogP contribution in [0.1, 0.15) is 38.1 Å². The van der Waals surface area contributed by atoms with Crippen LogP contribution in [0.5, 0.6) is 0 Å². The Hall–Kier alpha value is -2.45. The van der Waals surface area contributed by atoms with Gasteiger partial charge in [0.2, 0.25) is 0 Å². The number of fused-ring (bicyclic) bond motifs is 1. The molecule has 0 spiro atoms. The Morgan fingerprint density at radius 2 is 1.96 bits per heavy atom. The molecule has 1 aliphatic rings. The minimum atomic E-state index is -0.311. The van der Waals surface area contributed by atoms with Gasteiger partial charge in [-0.25, -0.2) is 4.68 Å². The molecule has 0 saturated carbocycles. The van der Waals surface area contributed by atoms with Gasteiger partial charge in [-0.15, -0.1) is 0 Å². The number of halogens is 1. The van der Waals surface area contributed by atoms with E-state index in [1.54, 1.807) is 16.8 Å². The lowest BCUT2D eigenvalue weighted by Gasteiger charge is -2.26. The molecule has 23 heavy (non-hydrogen) atoms. The van der Waals surface area contributed by atoms with Crippen LogP contribution in [0.3, 0.4) is 0 Å². The molecule has 1 aromatic carbocycles. The number of rotatable bonds is 1. The van der Waals surface area contributed by atoms with E-state index in [9.17, 15) is 5.26 Å². The molecule has 3 rings (SSSR count). The van der Waals surface area contributed by atoms with Gasteiger partial charge in [-0.05, 0) is 17.7 Å². The van der Waals surface area contributed by atoms with Gasteiger partial charge in [-0.2, -0.15) is 10.4 Å². The molecule has 3 N–H and O–H groups in total. The number of hydrogen-bond acceptors (Lipinski definition) is 4. The highest BCUT2D eigenvalue weighted by atomic mass is 35.5. The normalized spacial score (nSPS) is 17.4. The van der Waals surface area contributed by atoms with E-state index in [2.05, 4.69) is 37.3 Å². The molecule has 0 amide bonds. The number of nitrogens with two attached hydrogens (primary N) is 1. The lowest BCUT2D eigenvalue weighted by Crippen LogP contribution is -2.26. The molecule has 2 aromatic rings. The molecule has 0 bridgehead atoms. The second-order valence-electron chi connectivity index (χ2n) is 6.62. The van der Waals surface area contributed by atoms with E-state index in [4.69, 9.17) is 17.3 Å². The highest BCUT2D eigenvalue weighted by Crippen LogP contribution is 2.36. The molecule has 1 atom stereocenters. The maximum absolute atomic E-state index is 9.54. The van der Waals surface area contributed by atoms with E-state index in [0.717, 1.165) is 17.1 Å². The Morgan fingerprint density at radius 3 is 2.52 bits per heavy atom. The predicted molar refractivity (Wildman–Crippen MR) is 91.8 cm³/mol. The summed E-state index contributed by atoms with van der Waals surface area (Å²) in [5.74, 6) is 1.14. The van der Waals surface area contributed by atoms with Crippen LogP contribution in [-0.2, 0) is 5.41 Å². The molecular formula is C17H18ClN5. The first kappa shape index (κ1) is 15.4. The molecule has 1 unspecified atom stereocenters. The van der Waals surface area contributed by atoms with Gasteiger partial charge < -0.3 is 11.1 Å². The molecule has 5 nitrogen and oxygen atoms in total. The summed E-state index contributed by atoms with van der Waals surface area (Å²) in [5, 5.41) is 18.1. The van der Waals surface area contributed by atoms with Crippen LogP contribution >= 0.6 is 11.6 Å². The lowest BCUT2D eigenvalue weighted by atomic mass is 9.92. The summed E-state index contributed by atoms with van der Waals surface area (Å²) in [5.41, 5.74) is 8.40. The van der Waals surface area contributed by atoms with Crippen molar-refractivity contribution in [1.82, 2.24) is 9.78 Å². The fourth-order valence-electron chi connectivity index (χ4n) is 2.54. The molecule has 0 radical (unpaired) electrons. The Balaban J connectivity index is 2.10. The monoisotopic (exact) mass is 327 g/mol. The number of nitrogens with zero attached hydrogens (tertiary/aromatic N) is 3. The van der Waals surface area contributed by atoms with Crippen LogP contribution < -0.4 is 11.1 Å². The average molecular weight is 328 g/mol. The van der Waals surface area contributed by atoms with Gasteiger partial charge >= 0.3 is 0 Å². The van der Waals surface area contributed by atoms with Crippen molar-refractivity contribution in [3.8, 4) is 6.07 Å². The van der Waals surface area contributed by atoms with E-state index in [-0.39, 0.29) is 11.5 Å². The van der Waals surface area contributed by atoms with Crippen molar-refractivity contribution in [1.29, 1.82) is 5.26 Å². The minimum Gasteiger partial charge on any atom is -0.383 e. The summed E-state index contributed by atoms with van der Waals surface area (Å²) < 4.78 is 1.60. The summed E-state index contributed by atoms with van der Waals surface area (Å²) in [7, 11) is 0. The third-order valence-corrected chi connectivity index (χ3v) is 4.14. The Labute approximate surface area is 140 Å². The zero-order valence-corrected chi connectivity index (χ0v) is 14.0. The molecule has 1 aromatic heterocycles. The SMILES string of the molecule is CC(C)(C)c1cc2n(n1)C(N)=C(C#N)C(c1ccc(Cl)cc1)N2. The smallest absolute Gasteiger partial charge is 0.143 e. The summed E-state index contributed by atoms with van der Waals surface area (Å²) in [6, 6.07) is 11.3. The summed E-state index contributed by atoms with van der Waals surface area (Å²) in [4.78, 5) is 0. The molecule has 1 aliphatic heterocycles. The highest BCUT2D eigenvalue weighted by molar-refractivity contribution is 6.30. The molecular weight excluding hydrogens is 310 g/mol. The zero-order chi connectivity index (χ0) is 16.8. The van der Waals surface area contributed by atoms with Crippen LogP contribution in [-0.4, -0.2) is 9.78 Å². The van der Waals surface area contributed by atoms with Gasteiger partial charge in [0.25, 0.3) is 0 Å². The summed E-state index contributed by atoms with van der Waals surface area (Å²) in [6.07, 6.45) is 0. The minimum absolute atomic E-state index is 0.102. The third kappa shape index (κ3) is 2.66. The van der Waals surface area contributed by atoms with Gasteiger partial charge in [0.15, 0.2) is 0 Å². The van der Waals surface area contributed by atoms with Crippen molar-refractivity contribution in [2.24, 2.45) is 5.73 Å². The van der Waals surface area contributed by atoms with Crippen molar-refractivity contribution >= 4 is 23.2 Å². The van der Waals surface area contributed by atoms with Crippen LogP contribution in [0.25, 0.3) is 5.82 Å². The number of anilines is 1. The lowest BCUT2D eigenvalue weighted by molar-refractivity contribution is 0.560. The molecule has 118 valence electrons. The summed E-state index contributed by atoms with van der Waals surface area (Å²) >= 11 is 5.95. The summed E-state index contributed by atoms with van der Waals surface area (Å²) in [6.45, 7) is 6.26. The Bertz CT molecular complexity index is 818. The molecule has 6 heteroatoms. The van der Waals surface area contributed by atoms with Gasteiger partial charge in [0, 0.05) is 16.5 Å². The molecule has 0 fully saturated rings. The van der Waals surface area contributed by atoms with Crippen molar-refractivity contribution in [2.75, 3.05) is 5.32 Å². The van der Waals surface area contributed by atoms with Gasteiger partial charge in [-0.3, -0.25) is 0 Å². The maximum atomic E-state index is 9.54. The fourth-order valence-corrected chi connectivity index (χ4v) is 2.67. The first-order valence-corrected chi connectivity index (χ1v) is 7.71. The van der Waals surface area contributed by atoms with Crippen LogP contribution in [0, 0.1) is 11.3 Å². The van der Waals surface area contributed by atoms with Crippen LogP contribution in [0.15, 0.2) is 35.9 Å². The topological polar surface area (TPSA) is 79.7 Å². The fraction of sp³-hybridized carbons (Fsp3) is 0.294. The van der Waals surface area contributed by atoms with Crippen molar-refractivity contribution in [3.05, 3.63) is 52.2 Å². The average Bonchev–Trinajstić information content (AvgIpc) is 2.92. The highest BCUT2D eigenvalue weighted by Gasteiger charge is 2.30. The van der Waals surface area contributed by atoms with Crippen molar-refractivity contribution in [3.63, 3.8) is 0 Å². The van der Waals surface area contributed by atoms with E-state index in [1.165, 1.54) is 0 Å². The second kappa shape index (κ2) is 5.32. The van der Waals surface area contributed by atoms with Gasteiger partial charge in [0.1, 0.15) is 17.7 Å². The maximum Gasteiger partial charge on any atom is 0.143 e. The number of aromatic nitrogens is 2. The van der Waals surface area contributed by atoms with Gasteiger partial charge in [0.05, 0.1) is 17.3 Å². The Kier molecular flexibility index (Phi) is 3.57. The molecule has 0 saturated heterocycles. The first-order valence-electron chi connectivity index (χ1n) is 7.34. The van der Waals surface area contributed by atoms with Crippen LogP contribution in [0.4, 0.5) is 5.82 Å². The van der Waals surface area contributed by atoms with E-state index < -0.39 is 0 Å². The Morgan fingerprint density at radius 1 is 1.30 bits per heavy atom. The van der Waals surface area contributed by atoms with Crippen LogP contribution in [0.2, 0.25) is 5.02 Å². The predicted octanol–water partition coefficient (Wildman–Crippen LogP) is 3.65. The van der Waals surface area contributed by atoms with E-state index in [1.807, 2.05) is 18.2 Å². The number of nitrogens with one attached hydrogen (secondary N) is 1. The standard InChI is InChI=1S/C17H18ClN5/c1-17(2,3)13-8-14-21-15(10-4-6-11(18)7-5-10)12(9-19)16(20)23(14)22-13/h4-8,15,21H,20H2,1-3H3. The van der Waals surface area contributed by atoms with Crippen molar-refractivity contribution < 1.29 is 0 Å². The number of benzene rings is 1. The number of nitriles is 1. The van der Waals surface area contributed by atoms with E-state index >= 15 is 0 Å². The largest absolute Gasteiger partial charge is 0.383 e. The quantitative estimate of drug-likeness (QED) is 0.837. The second-order valence-corrected chi connectivity index (χ2v) is 7.05. The molecule has 2 heterocycles. The van der Waals surface area contributed by atoms with Crippen molar-refractivity contribution in [2.45, 2.75) is 32.2 Å². The van der Waals surface area contributed by atoms with E-state index in [0.29, 0.717) is 16.4 Å². The van der Waals surface area contributed by atoms with Gasteiger partial charge in [-0.1, -0.05) is 44.5 Å². The molecule has 0 aliphatic carbocycles.